The summed E-state index contributed by atoms with van der Waals surface area (Å²) in [4.78, 5) is 0. The maximum atomic E-state index is 12.9. The van der Waals surface area contributed by atoms with Gasteiger partial charge in [0.2, 0.25) is 0 Å². The lowest BCUT2D eigenvalue weighted by atomic mass is 10.2. The molecule has 96 valence electrons. The molecule has 0 radical (unpaired) electrons. The number of hydrogen-bond donors (Lipinski definition) is 1. The van der Waals surface area contributed by atoms with Crippen molar-refractivity contribution in [3.8, 4) is 5.75 Å². The summed E-state index contributed by atoms with van der Waals surface area (Å²) in [6.07, 6.45) is 1.10. The summed E-state index contributed by atoms with van der Waals surface area (Å²) in [6.45, 7) is 6.97. The standard InChI is InChI=1S/C13H19ClFNO/c1-4-9(2)16-8-10(3)17-11-5-6-13(15)12(14)7-11/h5-7,9-10,16H,4,8H2,1-3H3. The van der Waals surface area contributed by atoms with Crippen molar-refractivity contribution >= 4 is 11.6 Å². The van der Waals surface area contributed by atoms with Crippen LogP contribution in [0.1, 0.15) is 27.2 Å². The van der Waals surface area contributed by atoms with Gasteiger partial charge in [0, 0.05) is 18.7 Å². The van der Waals surface area contributed by atoms with Crippen molar-refractivity contribution in [1.82, 2.24) is 5.32 Å². The third kappa shape index (κ3) is 4.92. The van der Waals surface area contributed by atoms with E-state index in [1.807, 2.05) is 6.92 Å². The van der Waals surface area contributed by atoms with E-state index in [2.05, 4.69) is 19.2 Å². The molecule has 0 saturated carbocycles. The van der Waals surface area contributed by atoms with E-state index < -0.39 is 5.82 Å². The van der Waals surface area contributed by atoms with Crippen molar-refractivity contribution in [3.05, 3.63) is 29.0 Å². The zero-order chi connectivity index (χ0) is 12.8. The fraction of sp³-hybridized carbons (Fsp3) is 0.538. The fourth-order valence-corrected chi connectivity index (χ4v) is 1.51. The van der Waals surface area contributed by atoms with E-state index in [0.29, 0.717) is 11.8 Å². The van der Waals surface area contributed by atoms with Gasteiger partial charge in [-0.25, -0.2) is 4.39 Å². The lowest BCUT2D eigenvalue weighted by molar-refractivity contribution is 0.212. The number of nitrogens with one attached hydrogen (secondary N) is 1. The summed E-state index contributed by atoms with van der Waals surface area (Å²) in [5.41, 5.74) is 0. The highest BCUT2D eigenvalue weighted by Crippen LogP contribution is 2.21. The smallest absolute Gasteiger partial charge is 0.142 e. The number of ether oxygens (including phenoxy) is 1. The Morgan fingerprint density at radius 1 is 1.41 bits per heavy atom. The molecule has 2 unspecified atom stereocenters. The Bertz CT molecular complexity index is 359. The van der Waals surface area contributed by atoms with Crippen LogP contribution in [-0.4, -0.2) is 18.7 Å². The first kappa shape index (κ1) is 14.3. The molecule has 0 amide bonds. The van der Waals surface area contributed by atoms with Gasteiger partial charge in [-0.1, -0.05) is 18.5 Å². The number of benzene rings is 1. The number of halogens is 2. The van der Waals surface area contributed by atoms with Gasteiger partial charge in [-0.05, 0) is 32.4 Å². The maximum Gasteiger partial charge on any atom is 0.142 e. The van der Waals surface area contributed by atoms with Crippen LogP contribution in [0.2, 0.25) is 5.02 Å². The molecule has 0 spiro atoms. The fourth-order valence-electron chi connectivity index (χ4n) is 1.34. The molecule has 1 aromatic rings. The Morgan fingerprint density at radius 3 is 2.71 bits per heavy atom. The van der Waals surface area contributed by atoms with E-state index in [1.165, 1.54) is 12.1 Å². The zero-order valence-corrected chi connectivity index (χ0v) is 11.2. The van der Waals surface area contributed by atoms with Gasteiger partial charge < -0.3 is 10.1 Å². The van der Waals surface area contributed by atoms with Crippen molar-refractivity contribution in [2.75, 3.05) is 6.54 Å². The maximum absolute atomic E-state index is 12.9. The van der Waals surface area contributed by atoms with E-state index in [0.717, 1.165) is 13.0 Å². The predicted octanol–water partition coefficient (Wildman–Crippen LogP) is 3.63. The first-order valence-electron chi connectivity index (χ1n) is 5.88. The molecule has 0 aliphatic rings. The third-order valence-corrected chi connectivity index (χ3v) is 2.88. The summed E-state index contributed by atoms with van der Waals surface area (Å²) in [6, 6.07) is 4.86. The minimum Gasteiger partial charge on any atom is -0.489 e. The van der Waals surface area contributed by atoms with Gasteiger partial charge in [0.25, 0.3) is 0 Å². The summed E-state index contributed by atoms with van der Waals surface area (Å²) < 4.78 is 18.6. The van der Waals surface area contributed by atoms with Gasteiger partial charge in [0.15, 0.2) is 0 Å². The molecule has 0 aliphatic heterocycles. The lowest BCUT2D eigenvalue weighted by Gasteiger charge is -2.18. The van der Waals surface area contributed by atoms with Crippen molar-refractivity contribution < 1.29 is 9.13 Å². The highest BCUT2D eigenvalue weighted by Gasteiger charge is 2.07. The molecule has 1 aromatic carbocycles. The normalized spacial score (nSPS) is 14.4. The SMILES string of the molecule is CCC(C)NCC(C)Oc1ccc(F)c(Cl)c1. The Morgan fingerprint density at radius 2 is 2.12 bits per heavy atom. The molecule has 0 saturated heterocycles. The molecular weight excluding hydrogens is 241 g/mol. The molecule has 4 heteroatoms. The summed E-state index contributed by atoms with van der Waals surface area (Å²) in [5.74, 6) is 0.166. The van der Waals surface area contributed by atoms with Crippen LogP contribution in [0.3, 0.4) is 0 Å². The minimum atomic E-state index is -0.426. The summed E-state index contributed by atoms with van der Waals surface area (Å²) in [7, 11) is 0. The highest BCUT2D eigenvalue weighted by atomic mass is 35.5. The Labute approximate surface area is 107 Å². The van der Waals surface area contributed by atoms with E-state index in [1.54, 1.807) is 6.07 Å². The van der Waals surface area contributed by atoms with Crippen molar-refractivity contribution in [2.24, 2.45) is 0 Å². The molecule has 1 rings (SSSR count). The molecule has 0 bridgehead atoms. The second kappa shape index (κ2) is 6.82. The zero-order valence-electron chi connectivity index (χ0n) is 10.5. The molecule has 17 heavy (non-hydrogen) atoms. The van der Waals surface area contributed by atoms with Crippen LogP contribution in [-0.2, 0) is 0 Å². The van der Waals surface area contributed by atoms with Crippen molar-refractivity contribution in [1.29, 1.82) is 0 Å². The van der Waals surface area contributed by atoms with Gasteiger partial charge in [0.05, 0.1) is 5.02 Å². The van der Waals surface area contributed by atoms with Gasteiger partial charge in [-0.15, -0.1) is 0 Å². The molecule has 0 heterocycles. The average Bonchev–Trinajstić information content (AvgIpc) is 2.31. The summed E-state index contributed by atoms with van der Waals surface area (Å²) >= 11 is 5.68. The van der Waals surface area contributed by atoms with Gasteiger partial charge in [-0.2, -0.15) is 0 Å². The quantitative estimate of drug-likeness (QED) is 0.842. The Balaban J connectivity index is 2.44. The molecule has 0 aromatic heterocycles. The predicted molar refractivity (Wildman–Crippen MR) is 69.3 cm³/mol. The molecule has 2 nitrogen and oxygen atoms in total. The van der Waals surface area contributed by atoms with Gasteiger partial charge in [-0.3, -0.25) is 0 Å². The second-order valence-electron chi connectivity index (χ2n) is 4.22. The third-order valence-electron chi connectivity index (χ3n) is 2.59. The molecule has 2 atom stereocenters. The van der Waals surface area contributed by atoms with Crippen LogP contribution in [0.15, 0.2) is 18.2 Å². The van der Waals surface area contributed by atoms with Crippen LogP contribution in [0, 0.1) is 5.82 Å². The van der Waals surface area contributed by atoms with Crippen LogP contribution in [0.25, 0.3) is 0 Å². The number of hydrogen-bond acceptors (Lipinski definition) is 2. The lowest BCUT2D eigenvalue weighted by Crippen LogP contribution is -2.34. The summed E-state index contributed by atoms with van der Waals surface area (Å²) in [5, 5.41) is 3.43. The first-order valence-corrected chi connectivity index (χ1v) is 6.25. The molecule has 0 aliphatic carbocycles. The van der Waals surface area contributed by atoms with E-state index in [-0.39, 0.29) is 11.1 Å². The monoisotopic (exact) mass is 259 g/mol. The van der Waals surface area contributed by atoms with Crippen LogP contribution < -0.4 is 10.1 Å². The first-order chi connectivity index (χ1) is 8.02. The number of rotatable bonds is 6. The van der Waals surface area contributed by atoms with Crippen LogP contribution >= 0.6 is 11.6 Å². The van der Waals surface area contributed by atoms with Crippen LogP contribution in [0.5, 0.6) is 5.75 Å². The molecule has 0 fully saturated rings. The Hall–Kier alpha value is -0.800. The van der Waals surface area contributed by atoms with E-state index in [9.17, 15) is 4.39 Å². The Kier molecular flexibility index (Phi) is 5.72. The molecule has 1 N–H and O–H groups in total. The second-order valence-corrected chi connectivity index (χ2v) is 4.63. The molecular formula is C13H19ClFNO. The van der Waals surface area contributed by atoms with E-state index in [4.69, 9.17) is 16.3 Å². The van der Waals surface area contributed by atoms with E-state index >= 15 is 0 Å². The van der Waals surface area contributed by atoms with Gasteiger partial charge in [0.1, 0.15) is 17.7 Å². The largest absolute Gasteiger partial charge is 0.489 e. The topological polar surface area (TPSA) is 21.3 Å². The van der Waals surface area contributed by atoms with Crippen molar-refractivity contribution in [2.45, 2.75) is 39.3 Å². The van der Waals surface area contributed by atoms with Gasteiger partial charge >= 0.3 is 0 Å². The van der Waals surface area contributed by atoms with Crippen molar-refractivity contribution in [3.63, 3.8) is 0 Å². The minimum absolute atomic E-state index is 0.0190. The average molecular weight is 260 g/mol. The highest BCUT2D eigenvalue weighted by molar-refractivity contribution is 6.30. The van der Waals surface area contributed by atoms with Crippen LogP contribution in [0.4, 0.5) is 4.39 Å².